The molecule has 1 aliphatic heterocycles. The zero-order chi connectivity index (χ0) is 21.0. The SMILES string of the molecule is C=CC[C@@]12C=C(OC)C(=O)[C@@](O)([C@H](c3ccc4c(c3)OCO4)[C@H]1C)[C@@H]2OC(C)=O. The Balaban J connectivity index is 1.93. The third-order valence-corrected chi connectivity index (χ3v) is 6.45. The third-order valence-electron chi connectivity index (χ3n) is 6.45. The Bertz CT molecular complexity index is 920. The van der Waals surface area contributed by atoms with E-state index in [2.05, 4.69) is 6.58 Å². The topological polar surface area (TPSA) is 91.3 Å². The maximum absolute atomic E-state index is 13.3. The van der Waals surface area contributed by atoms with E-state index < -0.39 is 34.8 Å². The highest BCUT2D eigenvalue weighted by Crippen LogP contribution is 2.64. The zero-order valence-corrected chi connectivity index (χ0v) is 16.6. The van der Waals surface area contributed by atoms with E-state index in [0.29, 0.717) is 23.5 Å². The molecule has 2 aliphatic carbocycles. The molecule has 1 saturated carbocycles. The van der Waals surface area contributed by atoms with Crippen LogP contribution >= 0.6 is 0 Å². The van der Waals surface area contributed by atoms with Crippen LogP contribution in [0.2, 0.25) is 0 Å². The first-order valence-corrected chi connectivity index (χ1v) is 9.51. The summed E-state index contributed by atoms with van der Waals surface area (Å²) in [6.07, 6.45) is 2.73. The fourth-order valence-electron chi connectivity index (χ4n) is 5.25. The predicted molar refractivity (Wildman–Crippen MR) is 102 cm³/mol. The van der Waals surface area contributed by atoms with Gasteiger partial charge in [-0.1, -0.05) is 19.1 Å². The van der Waals surface area contributed by atoms with E-state index in [1.807, 2.05) is 6.92 Å². The zero-order valence-electron chi connectivity index (χ0n) is 16.6. The second-order valence-electron chi connectivity index (χ2n) is 7.84. The Morgan fingerprint density at radius 3 is 2.76 bits per heavy atom. The number of Topliss-reactive ketones (excluding diaryl/α,β-unsaturated/α-hetero) is 1. The number of carbonyl (C=O) groups is 2. The average molecular weight is 400 g/mol. The van der Waals surface area contributed by atoms with Crippen molar-refractivity contribution < 1.29 is 33.6 Å². The number of allylic oxidation sites excluding steroid dienone is 1. The number of aliphatic hydroxyl groups is 1. The van der Waals surface area contributed by atoms with E-state index in [1.165, 1.54) is 14.0 Å². The van der Waals surface area contributed by atoms with E-state index >= 15 is 0 Å². The van der Waals surface area contributed by atoms with Crippen molar-refractivity contribution in [1.82, 2.24) is 0 Å². The van der Waals surface area contributed by atoms with E-state index in [-0.39, 0.29) is 18.5 Å². The van der Waals surface area contributed by atoms with Gasteiger partial charge in [0, 0.05) is 18.3 Å². The third kappa shape index (κ3) is 2.53. The van der Waals surface area contributed by atoms with Gasteiger partial charge in [0.1, 0.15) is 6.10 Å². The highest BCUT2D eigenvalue weighted by molar-refractivity contribution is 6.04. The van der Waals surface area contributed by atoms with Crippen LogP contribution in [0.25, 0.3) is 0 Å². The van der Waals surface area contributed by atoms with Gasteiger partial charge in [0.15, 0.2) is 22.9 Å². The summed E-state index contributed by atoms with van der Waals surface area (Å²) in [5.74, 6) is -0.875. The first-order chi connectivity index (χ1) is 13.8. The summed E-state index contributed by atoms with van der Waals surface area (Å²) in [7, 11) is 1.39. The summed E-state index contributed by atoms with van der Waals surface area (Å²) in [6.45, 7) is 7.17. The number of methoxy groups -OCH3 is 1. The summed E-state index contributed by atoms with van der Waals surface area (Å²) in [5, 5.41) is 11.9. The van der Waals surface area contributed by atoms with Crippen molar-refractivity contribution in [2.45, 2.75) is 37.9 Å². The second-order valence-corrected chi connectivity index (χ2v) is 7.84. The second kappa shape index (κ2) is 6.62. The monoisotopic (exact) mass is 400 g/mol. The van der Waals surface area contributed by atoms with Crippen molar-refractivity contribution in [3.63, 3.8) is 0 Å². The van der Waals surface area contributed by atoms with E-state index in [9.17, 15) is 14.7 Å². The largest absolute Gasteiger partial charge is 0.493 e. The first-order valence-electron chi connectivity index (χ1n) is 9.51. The highest BCUT2D eigenvalue weighted by Gasteiger charge is 2.73. The lowest BCUT2D eigenvalue weighted by atomic mass is 9.70. The van der Waals surface area contributed by atoms with Crippen LogP contribution in [-0.2, 0) is 19.1 Å². The molecule has 1 aromatic carbocycles. The Morgan fingerprint density at radius 2 is 2.10 bits per heavy atom. The molecule has 0 spiro atoms. The number of carbonyl (C=O) groups excluding carboxylic acids is 2. The molecule has 0 unspecified atom stereocenters. The summed E-state index contributed by atoms with van der Waals surface area (Å²) in [4.78, 5) is 25.2. The maximum atomic E-state index is 13.3. The molecule has 4 rings (SSSR count). The maximum Gasteiger partial charge on any atom is 0.303 e. The van der Waals surface area contributed by atoms with E-state index in [4.69, 9.17) is 18.9 Å². The lowest BCUT2D eigenvalue weighted by Crippen LogP contribution is -2.57. The number of ether oxygens (including phenoxy) is 4. The molecule has 1 aromatic rings. The van der Waals surface area contributed by atoms with Crippen molar-refractivity contribution in [1.29, 1.82) is 0 Å². The van der Waals surface area contributed by atoms with Crippen LogP contribution in [0.4, 0.5) is 0 Å². The van der Waals surface area contributed by atoms with Crippen molar-refractivity contribution in [2.75, 3.05) is 13.9 Å². The number of esters is 1. The number of hydrogen-bond acceptors (Lipinski definition) is 7. The molecule has 1 N–H and O–H groups in total. The number of hydrogen-bond donors (Lipinski definition) is 1. The van der Waals surface area contributed by atoms with Gasteiger partial charge < -0.3 is 24.1 Å². The van der Waals surface area contributed by atoms with Gasteiger partial charge in [-0.3, -0.25) is 9.59 Å². The van der Waals surface area contributed by atoms with Crippen molar-refractivity contribution in [2.24, 2.45) is 11.3 Å². The molecule has 1 fully saturated rings. The molecular weight excluding hydrogens is 376 g/mol. The molecule has 5 atom stereocenters. The predicted octanol–water partition coefficient (Wildman–Crippen LogP) is 2.49. The summed E-state index contributed by atoms with van der Waals surface area (Å²) in [6, 6.07) is 5.33. The minimum atomic E-state index is -1.98. The Kier molecular flexibility index (Phi) is 4.46. The fourth-order valence-corrected chi connectivity index (χ4v) is 5.25. The fraction of sp³-hybridized carbons (Fsp3) is 0.455. The van der Waals surface area contributed by atoms with Gasteiger partial charge in [-0.25, -0.2) is 0 Å². The summed E-state index contributed by atoms with van der Waals surface area (Å²) < 4.78 is 21.8. The normalized spacial score (nSPS) is 34.6. The summed E-state index contributed by atoms with van der Waals surface area (Å²) >= 11 is 0. The van der Waals surface area contributed by atoms with Gasteiger partial charge in [-0.05, 0) is 36.1 Å². The molecule has 0 aromatic heterocycles. The van der Waals surface area contributed by atoms with Gasteiger partial charge in [0.25, 0.3) is 0 Å². The van der Waals surface area contributed by atoms with E-state index in [0.717, 1.165) is 0 Å². The molecular formula is C22H24O7. The van der Waals surface area contributed by atoms with Crippen LogP contribution in [0.15, 0.2) is 42.7 Å². The van der Waals surface area contributed by atoms with Gasteiger partial charge in [-0.15, -0.1) is 6.58 Å². The molecule has 1 heterocycles. The van der Waals surface area contributed by atoms with Crippen LogP contribution in [0.1, 0.15) is 31.7 Å². The van der Waals surface area contributed by atoms with Crippen LogP contribution in [0, 0.1) is 11.3 Å². The van der Waals surface area contributed by atoms with Gasteiger partial charge >= 0.3 is 5.97 Å². The average Bonchev–Trinajstić information content (AvgIpc) is 3.19. The minimum absolute atomic E-state index is 0.0628. The smallest absolute Gasteiger partial charge is 0.303 e. The van der Waals surface area contributed by atoms with Crippen LogP contribution in [0.5, 0.6) is 11.5 Å². The first kappa shape index (κ1) is 19.5. The summed E-state index contributed by atoms with van der Waals surface area (Å²) in [5.41, 5.74) is -2.13. The number of ketones is 1. The Hall–Kier alpha value is -2.80. The number of benzene rings is 1. The Labute approximate surface area is 168 Å². The molecule has 7 nitrogen and oxygen atoms in total. The lowest BCUT2D eigenvalue weighted by Gasteiger charge is -2.41. The van der Waals surface area contributed by atoms with Crippen molar-refractivity contribution in [3.8, 4) is 11.5 Å². The van der Waals surface area contributed by atoms with Gasteiger partial charge in [0.05, 0.1) is 7.11 Å². The molecule has 154 valence electrons. The number of rotatable bonds is 5. The lowest BCUT2D eigenvalue weighted by molar-refractivity contribution is -0.176. The van der Waals surface area contributed by atoms with Crippen LogP contribution in [-0.4, -0.2) is 42.5 Å². The molecule has 0 saturated heterocycles. The molecule has 2 bridgehead atoms. The number of fused-ring (bicyclic) bond motifs is 3. The molecule has 0 radical (unpaired) electrons. The van der Waals surface area contributed by atoms with Gasteiger partial charge in [0.2, 0.25) is 12.6 Å². The van der Waals surface area contributed by atoms with E-state index in [1.54, 1.807) is 30.4 Å². The standard InChI is InChI=1S/C22H24O7/c1-5-8-21-10-17(26-4)19(24)22(25,20(21)29-13(3)23)18(12(21)2)14-6-7-15-16(9-14)28-11-27-15/h5-7,9-10,12,18,20,25H,1,8,11H2,2-4H3/t12-,18+,20-,21-,22+/m1/s1. The molecule has 0 amide bonds. The van der Waals surface area contributed by atoms with Gasteiger partial charge in [-0.2, -0.15) is 0 Å². The minimum Gasteiger partial charge on any atom is -0.493 e. The van der Waals surface area contributed by atoms with Crippen molar-refractivity contribution >= 4 is 11.8 Å². The molecule has 3 aliphatic rings. The molecule has 7 heteroatoms. The highest BCUT2D eigenvalue weighted by atomic mass is 16.7. The molecule has 29 heavy (non-hydrogen) atoms. The van der Waals surface area contributed by atoms with Crippen LogP contribution in [0.3, 0.4) is 0 Å². The van der Waals surface area contributed by atoms with Crippen molar-refractivity contribution in [3.05, 3.63) is 48.3 Å². The quantitative estimate of drug-likeness (QED) is 0.600. The Morgan fingerprint density at radius 1 is 1.38 bits per heavy atom. The van der Waals surface area contributed by atoms with Crippen LogP contribution < -0.4 is 9.47 Å².